The molecule has 2 bridgehead atoms. The van der Waals surface area contributed by atoms with E-state index in [1.807, 2.05) is 0 Å². The summed E-state index contributed by atoms with van der Waals surface area (Å²) in [7, 11) is 0. The monoisotopic (exact) mass is 378 g/mol. The van der Waals surface area contributed by atoms with Crippen LogP contribution < -0.4 is 15.4 Å². The van der Waals surface area contributed by atoms with Crippen molar-refractivity contribution in [2.24, 2.45) is 5.92 Å². The number of rotatable bonds is 5. The third kappa shape index (κ3) is 4.10. The van der Waals surface area contributed by atoms with Crippen molar-refractivity contribution in [3.63, 3.8) is 0 Å². The van der Waals surface area contributed by atoms with E-state index in [4.69, 9.17) is 17.0 Å². The Bertz CT molecular complexity index is 719. The summed E-state index contributed by atoms with van der Waals surface area (Å²) < 4.78 is 5.23. The van der Waals surface area contributed by atoms with Gasteiger partial charge in [0.15, 0.2) is 10.9 Å². The first-order valence-corrected chi connectivity index (χ1v) is 9.14. The summed E-state index contributed by atoms with van der Waals surface area (Å²) in [6.07, 6.45) is 2.28. The van der Waals surface area contributed by atoms with Crippen LogP contribution in [0.25, 0.3) is 0 Å². The predicted octanol–water partition coefficient (Wildman–Crippen LogP) is 1.69. The molecule has 0 saturated carbocycles. The van der Waals surface area contributed by atoms with E-state index in [0.29, 0.717) is 12.5 Å². The van der Waals surface area contributed by atoms with Crippen molar-refractivity contribution in [3.8, 4) is 5.75 Å². The maximum atomic E-state index is 12.4. The number of carbonyl (C=O) groups is 1. The number of hydrogen-bond acceptors (Lipinski definition) is 6. The molecular formula is C17H22N4O4S. The quantitative estimate of drug-likeness (QED) is 0.457. The highest BCUT2D eigenvalue weighted by Gasteiger charge is 2.34. The summed E-state index contributed by atoms with van der Waals surface area (Å²) in [5, 5.41) is 17.3. The molecule has 9 heteroatoms. The fourth-order valence-corrected chi connectivity index (χ4v) is 3.83. The number of nitrogens with zero attached hydrogens (tertiary/aromatic N) is 2. The van der Waals surface area contributed by atoms with Crippen LogP contribution in [-0.2, 0) is 0 Å². The van der Waals surface area contributed by atoms with Crippen LogP contribution >= 0.6 is 12.2 Å². The molecule has 1 amide bonds. The van der Waals surface area contributed by atoms with E-state index in [-0.39, 0.29) is 28.2 Å². The van der Waals surface area contributed by atoms with Gasteiger partial charge in [-0.25, -0.2) is 0 Å². The Labute approximate surface area is 157 Å². The van der Waals surface area contributed by atoms with Crippen molar-refractivity contribution >= 4 is 28.9 Å². The number of nitrogens with one attached hydrogen (secondary N) is 2. The van der Waals surface area contributed by atoms with E-state index in [2.05, 4.69) is 15.5 Å². The summed E-state index contributed by atoms with van der Waals surface area (Å²) in [6.45, 7) is 5.22. The average molecular weight is 378 g/mol. The first kappa shape index (κ1) is 18.5. The van der Waals surface area contributed by atoms with Crippen molar-refractivity contribution < 1.29 is 14.5 Å². The Kier molecular flexibility index (Phi) is 5.67. The van der Waals surface area contributed by atoms with Gasteiger partial charge >= 0.3 is 5.69 Å². The molecule has 1 aromatic rings. The van der Waals surface area contributed by atoms with Gasteiger partial charge in [0.05, 0.1) is 11.5 Å². The number of hydrogen-bond donors (Lipinski definition) is 2. The van der Waals surface area contributed by atoms with Gasteiger partial charge in [-0.05, 0) is 63.1 Å². The Morgan fingerprint density at radius 1 is 1.42 bits per heavy atom. The van der Waals surface area contributed by atoms with Crippen molar-refractivity contribution in [3.05, 3.63) is 33.9 Å². The van der Waals surface area contributed by atoms with E-state index < -0.39 is 10.8 Å². The molecule has 0 aromatic heterocycles. The second-order valence-electron chi connectivity index (χ2n) is 6.54. The number of nitro benzene ring substituents is 1. The number of thiocarbonyl (C=S) groups is 1. The van der Waals surface area contributed by atoms with Crippen LogP contribution in [0.3, 0.4) is 0 Å². The molecule has 4 rings (SSSR count). The van der Waals surface area contributed by atoms with Crippen LogP contribution in [0.2, 0.25) is 0 Å². The summed E-state index contributed by atoms with van der Waals surface area (Å²) in [6, 6.07) is 4.36. The number of carbonyl (C=O) groups excluding carboxylic acids is 1. The highest BCUT2D eigenvalue weighted by atomic mass is 32.1. The Morgan fingerprint density at radius 2 is 2.15 bits per heavy atom. The molecule has 140 valence electrons. The largest absolute Gasteiger partial charge is 0.487 e. The fraction of sp³-hybridized carbons (Fsp3) is 0.529. The van der Waals surface area contributed by atoms with E-state index >= 15 is 0 Å². The average Bonchev–Trinajstić information content (AvgIpc) is 2.63. The van der Waals surface area contributed by atoms with E-state index in [1.165, 1.54) is 18.2 Å². The molecular weight excluding hydrogens is 356 g/mol. The van der Waals surface area contributed by atoms with Crippen molar-refractivity contribution in [2.75, 3.05) is 26.2 Å². The number of amides is 1. The molecule has 2 N–H and O–H groups in total. The molecule has 1 atom stereocenters. The summed E-state index contributed by atoms with van der Waals surface area (Å²) in [5.41, 5.74) is -0.0750. The lowest BCUT2D eigenvalue weighted by Crippen LogP contribution is -2.59. The first-order chi connectivity index (χ1) is 12.5. The molecule has 0 radical (unpaired) electrons. The molecule has 3 fully saturated rings. The molecule has 1 aromatic carbocycles. The third-order valence-corrected chi connectivity index (χ3v) is 5.14. The summed E-state index contributed by atoms with van der Waals surface area (Å²) >= 11 is 5.26. The van der Waals surface area contributed by atoms with Gasteiger partial charge in [0.2, 0.25) is 0 Å². The lowest BCUT2D eigenvalue weighted by Gasteiger charge is -2.45. The maximum absolute atomic E-state index is 12.4. The maximum Gasteiger partial charge on any atom is 0.311 e. The Morgan fingerprint density at radius 3 is 2.73 bits per heavy atom. The Hall–Kier alpha value is -2.26. The number of benzene rings is 1. The van der Waals surface area contributed by atoms with Gasteiger partial charge in [-0.15, -0.1) is 0 Å². The SMILES string of the molecule is CCOc1ccc(C(=O)NC(=S)NC2CN3CCC2CC3)cc1[N+](=O)[O-]. The number of fused-ring (bicyclic) bond motifs is 3. The normalized spacial score (nSPS) is 24.0. The summed E-state index contributed by atoms with van der Waals surface area (Å²) in [5.74, 6) is 0.235. The molecule has 3 heterocycles. The van der Waals surface area contributed by atoms with Gasteiger partial charge in [-0.2, -0.15) is 0 Å². The number of piperidine rings is 3. The standard InChI is InChI=1S/C17H22N4O4S/c1-2-25-15-4-3-12(9-14(15)21(23)24)16(22)19-17(26)18-13-10-20-7-5-11(13)6-8-20/h3-4,9,11,13H,2,5-8,10H2,1H3,(H2,18,19,22,26). The van der Waals surface area contributed by atoms with Crippen molar-refractivity contribution in [1.82, 2.24) is 15.5 Å². The predicted molar refractivity (Wildman–Crippen MR) is 100 cm³/mol. The Balaban J connectivity index is 1.63. The lowest BCUT2D eigenvalue weighted by molar-refractivity contribution is -0.385. The minimum absolute atomic E-state index is 0.141. The third-order valence-electron chi connectivity index (χ3n) is 4.92. The first-order valence-electron chi connectivity index (χ1n) is 8.73. The van der Waals surface area contributed by atoms with Crippen LogP contribution in [-0.4, -0.2) is 53.1 Å². The van der Waals surface area contributed by atoms with Gasteiger partial charge < -0.3 is 15.0 Å². The van der Waals surface area contributed by atoms with Gasteiger partial charge in [-0.3, -0.25) is 20.2 Å². The molecule has 0 spiro atoms. The topological polar surface area (TPSA) is 96.7 Å². The van der Waals surface area contributed by atoms with E-state index in [0.717, 1.165) is 32.5 Å². The van der Waals surface area contributed by atoms with Crippen LogP contribution in [0, 0.1) is 16.0 Å². The highest BCUT2D eigenvalue weighted by Crippen LogP contribution is 2.28. The molecule has 0 aliphatic carbocycles. The van der Waals surface area contributed by atoms with E-state index in [9.17, 15) is 14.9 Å². The molecule has 3 saturated heterocycles. The van der Waals surface area contributed by atoms with Crippen LogP contribution in [0.15, 0.2) is 18.2 Å². The van der Waals surface area contributed by atoms with Crippen molar-refractivity contribution in [1.29, 1.82) is 0 Å². The van der Waals surface area contributed by atoms with Crippen LogP contribution in [0.4, 0.5) is 5.69 Å². The smallest absolute Gasteiger partial charge is 0.311 e. The van der Waals surface area contributed by atoms with Gasteiger partial charge in [0.25, 0.3) is 5.91 Å². The van der Waals surface area contributed by atoms with Gasteiger partial charge in [0.1, 0.15) is 0 Å². The zero-order chi connectivity index (χ0) is 18.7. The second kappa shape index (κ2) is 7.96. The minimum atomic E-state index is -0.564. The molecule has 26 heavy (non-hydrogen) atoms. The van der Waals surface area contributed by atoms with Crippen LogP contribution in [0.5, 0.6) is 5.75 Å². The molecule has 3 aliphatic heterocycles. The summed E-state index contributed by atoms with van der Waals surface area (Å²) in [4.78, 5) is 25.4. The van der Waals surface area contributed by atoms with Crippen LogP contribution in [0.1, 0.15) is 30.1 Å². The van der Waals surface area contributed by atoms with Crippen molar-refractivity contribution in [2.45, 2.75) is 25.8 Å². The fourth-order valence-electron chi connectivity index (χ4n) is 3.59. The van der Waals surface area contributed by atoms with Gasteiger partial charge in [-0.1, -0.05) is 0 Å². The number of ether oxygens (including phenoxy) is 1. The molecule has 3 aliphatic rings. The molecule has 1 unspecified atom stereocenters. The second-order valence-corrected chi connectivity index (χ2v) is 6.95. The highest BCUT2D eigenvalue weighted by molar-refractivity contribution is 7.80. The zero-order valence-electron chi connectivity index (χ0n) is 14.6. The minimum Gasteiger partial charge on any atom is -0.487 e. The van der Waals surface area contributed by atoms with Gasteiger partial charge in [0, 0.05) is 24.2 Å². The zero-order valence-corrected chi connectivity index (χ0v) is 15.4. The van der Waals surface area contributed by atoms with E-state index in [1.54, 1.807) is 6.92 Å². The lowest BCUT2D eigenvalue weighted by atomic mass is 9.84. The molecule has 8 nitrogen and oxygen atoms in total. The number of nitro groups is 1.